The smallest absolute Gasteiger partial charge is 0.341 e. The highest BCUT2D eigenvalue weighted by Crippen LogP contribution is 2.35. The van der Waals surface area contributed by atoms with E-state index in [1.807, 2.05) is 0 Å². The lowest BCUT2D eigenvalue weighted by molar-refractivity contribution is -0.0177. The minimum absolute atomic E-state index is 0.0803. The molecule has 0 aromatic heterocycles. The Bertz CT molecular complexity index is 516. The monoisotopic (exact) mass is 312 g/mol. The van der Waals surface area contributed by atoms with E-state index in [4.69, 9.17) is 16.3 Å². The molecule has 1 aromatic rings. The van der Waals surface area contributed by atoms with E-state index in [0.717, 1.165) is 19.3 Å². The van der Waals surface area contributed by atoms with Crippen molar-refractivity contribution < 1.29 is 13.9 Å². The molecule has 0 heterocycles. The van der Waals surface area contributed by atoms with Gasteiger partial charge in [0.15, 0.2) is 0 Å². The Morgan fingerprint density at radius 3 is 2.76 bits per heavy atom. The average molecular weight is 313 g/mol. The van der Waals surface area contributed by atoms with Gasteiger partial charge in [-0.25, -0.2) is 9.18 Å². The number of hydrogen-bond acceptors (Lipinski definition) is 2. The summed E-state index contributed by atoms with van der Waals surface area (Å²) in [6, 6.07) is 3.95. The van der Waals surface area contributed by atoms with Crippen LogP contribution in [0.2, 0.25) is 5.02 Å². The third kappa shape index (κ3) is 3.97. The van der Waals surface area contributed by atoms with Crippen LogP contribution in [0.4, 0.5) is 4.39 Å². The molecule has 3 atom stereocenters. The Labute approximate surface area is 130 Å². The molecule has 0 saturated heterocycles. The lowest BCUT2D eigenvalue weighted by Crippen LogP contribution is -2.36. The topological polar surface area (TPSA) is 26.3 Å². The minimum Gasteiger partial charge on any atom is -0.458 e. The van der Waals surface area contributed by atoms with Gasteiger partial charge in [-0.15, -0.1) is 0 Å². The summed E-state index contributed by atoms with van der Waals surface area (Å²) < 4.78 is 19.4. The molecular weight excluding hydrogens is 291 g/mol. The Kier molecular flexibility index (Phi) is 5.26. The third-order valence-electron chi connectivity index (χ3n) is 4.37. The molecule has 2 nitrogen and oxygen atoms in total. The third-order valence-corrected chi connectivity index (χ3v) is 4.60. The van der Waals surface area contributed by atoms with Gasteiger partial charge in [-0.05, 0) is 48.8 Å². The number of benzene rings is 1. The summed E-state index contributed by atoms with van der Waals surface area (Å²) in [6.07, 6.45) is 2.91. The van der Waals surface area contributed by atoms with Gasteiger partial charge >= 0.3 is 5.97 Å². The van der Waals surface area contributed by atoms with E-state index >= 15 is 0 Å². The van der Waals surface area contributed by atoms with Crippen molar-refractivity contribution in [2.45, 2.75) is 46.1 Å². The molecule has 21 heavy (non-hydrogen) atoms. The first kappa shape index (κ1) is 16.3. The van der Waals surface area contributed by atoms with Gasteiger partial charge in [0.2, 0.25) is 0 Å². The second-order valence-electron chi connectivity index (χ2n) is 6.39. The summed E-state index contributed by atoms with van der Waals surface area (Å²) in [6.45, 7) is 6.44. The second kappa shape index (κ2) is 6.78. The van der Waals surface area contributed by atoms with E-state index < -0.39 is 11.8 Å². The zero-order valence-electron chi connectivity index (χ0n) is 12.7. The van der Waals surface area contributed by atoms with E-state index in [9.17, 15) is 9.18 Å². The zero-order chi connectivity index (χ0) is 15.6. The van der Waals surface area contributed by atoms with Crippen LogP contribution in [0, 0.1) is 23.6 Å². The number of esters is 1. The molecule has 1 saturated carbocycles. The summed E-state index contributed by atoms with van der Waals surface area (Å²) in [5, 5.41) is 0.334. The van der Waals surface area contributed by atoms with E-state index in [-0.39, 0.29) is 11.7 Å². The Morgan fingerprint density at radius 2 is 2.10 bits per heavy atom. The van der Waals surface area contributed by atoms with Gasteiger partial charge in [0.25, 0.3) is 0 Å². The van der Waals surface area contributed by atoms with E-state index in [0.29, 0.717) is 22.8 Å². The molecule has 0 bridgehead atoms. The molecule has 2 rings (SSSR count). The highest BCUT2D eigenvalue weighted by molar-refractivity contribution is 6.30. The highest BCUT2D eigenvalue weighted by atomic mass is 35.5. The van der Waals surface area contributed by atoms with Gasteiger partial charge in [-0.1, -0.05) is 38.8 Å². The molecule has 0 spiro atoms. The Hall–Kier alpha value is -1.09. The van der Waals surface area contributed by atoms with Gasteiger partial charge < -0.3 is 4.74 Å². The number of carbonyl (C=O) groups excluding carboxylic acids is 1. The fourth-order valence-electron chi connectivity index (χ4n) is 3.11. The zero-order valence-corrected chi connectivity index (χ0v) is 13.5. The number of hydrogen-bond donors (Lipinski definition) is 0. The van der Waals surface area contributed by atoms with Crippen LogP contribution in [0.5, 0.6) is 0 Å². The predicted molar refractivity (Wildman–Crippen MR) is 82.0 cm³/mol. The quantitative estimate of drug-likeness (QED) is 0.726. The maximum absolute atomic E-state index is 13.7. The fraction of sp³-hybridized carbons (Fsp3) is 0.588. The molecule has 3 unspecified atom stereocenters. The van der Waals surface area contributed by atoms with E-state index in [1.165, 1.54) is 18.2 Å². The maximum Gasteiger partial charge on any atom is 0.341 e. The van der Waals surface area contributed by atoms with Crippen molar-refractivity contribution in [3.8, 4) is 0 Å². The predicted octanol–water partition coefficient (Wildman–Crippen LogP) is 5.10. The normalized spacial score (nSPS) is 25.9. The second-order valence-corrected chi connectivity index (χ2v) is 6.83. The molecule has 1 fully saturated rings. The minimum atomic E-state index is -0.611. The van der Waals surface area contributed by atoms with Crippen LogP contribution < -0.4 is 0 Å². The molecule has 1 aliphatic carbocycles. The van der Waals surface area contributed by atoms with Gasteiger partial charge in [0.05, 0.1) is 5.56 Å². The van der Waals surface area contributed by atoms with Crippen molar-refractivity contribution in [2.75, 3.05) is 0 Å². The molecule has 1 aliphatic rings. The molecular formula is C17H22ClFO2. The van der Waals surface area contributed by atoms with Crippen molar-refractivity contribution in [3.63, 3.8) is 0 Å². The van der Waals surface area contributed by atoms with Crippen molar-refractivity contribution >= 4 is 17.6 Å². The average Bonchev–Trinajstić information content (AvgIpc) is 2.41. The van der Waals surface area contributed by atoms with Crippen LogP contribution in [0.15, 0.2) is 18.2 Å². The van der Waals surface area contributed by atoms with Crippen LogP contribution >= 0.6 is 11.6 Å². The van der Waals surface area contributed by atoms with E-state index in [2.05, 4.69) is 20.8 Å². The van der Waals surface area contributed by atoms with Gasteiger partial charge in [0.1, 0.15) is 11.9 Å². The van der Waals surface area contributed by atoms with Crippen molar-refractivity contribution in [3.05, 3.63) is 34.6 Å². The van der Waals surface area contributed by atoms with Gasteiger partial charge in [-0.2, -0.15) is 0 Å². The molecule has 116 valence electrons. The first-order chi connectivity index (χ1) is 9.88. The lowest BCUT2D eigenvalue weighted by atomic mass is 9.75. The van der Waals surface area contributed by atoms with Crippen molar-refractivity contribution in [2.24, 2.45) is 17.8 Å². The molecule has 0 amide bonds. The summed E-state index contributed by atoms with van der Waals surface area (Å²) in [7, 11) is 0. The Balaban J connectivity index is 2.14. The van der Waals surface area contributed by atoms with Crippen LogP contribution in [-0.2, 0) is 4.74 Å². The molecule has 0 radical (unpaired) electrons. The Morgan fingerprint density at radius 1 is 1.38 bits per heavy atom. The highest BCUT2D eigenvalue weighted by Gasteiger charge is 2.34. The van der Waals surface area contributed by atoms with Gasteiger partial charge in [-0.3, -0.25) is 0 Å². The lowest BCUT2D eigenvalue weighted by Gasteiger charge is -2.36. The molecule has 0 N–H and O–H groups in total. The van der Waals surface area contributed by atoms with Crippen molar-refractivity contribution in [1.29, 1.82) is 0 Å². The summed E-state index contributed by atoms with van der Waals surface area (Å²) in [5.41, 5.74) is -0.0803. The maximum atomic E-state index is 13.7. The summed E-state index contributed by atoms with van der Waals surface area (Å²) >= 11 is 5.83. The van der Waals surface area contributed by atoms with Crippen LogP contribution in [-0.4, -0.2) is 12.1 Å². The summed E-state index contributed by atoms with van der Waals surface area (Å²) in [4.78, 5) is 12.2. The van der Waals surface area contributed by atoms with E-state index in [1.54, 1.807) is 0 Å². The first-order valence-electron chi connectivity index (χ1n) is 7.54. The summed E-state index contributed by atoms with van der Waals surface area (Å²) in [5.74, 6) is 0.114. The molecule has 0 aliphatic heterocycles. The molecule has 4 heteroatoms. The van der Waals surface area contributed by atoms with Gasteiger partial charge in [0, 0.05) is 5.02 Å². The van der Waals surface area contributed by atoms with Crippen LogP contribution in [0.1, 0.15) is 50.4 Å². The van der Waals surface area contributed by atoms with Crippen LogP contribution in [0.25, 0.3) is 0 Å². The number of carbonyl (C=O) groups is 1. The number of rotatable bonds is 3. The standard InChI is InChI=1S/C17H22ClFO2/c1-10(2)13-6-4-11(3)8-16(13)21-17(20)14-9-12(18)5-7-15(14)19/h5,7,9-11,13,16H,4,6,8H2,1-3H3. The van der Waals surface area contributed by atoms with Crippen molar-refractivity contribution in [1.82, 2.24) is 0 Å². The van der Waals surface area contributed by atoms with Crippen LogP contribution in [0.3, 0.4) is 0 Å². The fourth-order valence-corrected chi connectivity index (χ4v) is 3.28. The molecule has 1 aromatic carbocycles. The SMILES string of the molecule is CC1CCC(C(C)C)C(OC(=O)c2cc(Cl)ccc2F)C1. The largest absolute Gasteiger partial charge is 0.458 e. The number of ether oxygens (including phenoxy) is 1. The number of halogens is 2. The first-order valence-corrected chi connectivity index (χ1v) is 7.92.